The van der Waals surface area contributed by atoms with Crippen LogP contribution in [0.4, 0.5) is 0 Å². The zero-order valence-corrected chi connectivity index (χ0v) is 13.5. The molecule has 0 bridgehead atoms. The van der Waals surface area contributed by atoms with E-state index in [9.17, 15) is 9.59 Å². The summed E-state index contributed by atoms with van der Waals surface area (Å²) in [6.45, 7) is 7.14. The van der Waals surface area contributed by atoms with Crippen LogP contribution in [0.5, 0.6) is 0 Å². The predicted molar refractivity (Wildman–Crippen MR) is 84.8 cm³/mol. The summed E-state index contributed by atoms with van der Waals surface area (Å²) >= 11 is 0. The van der Waals surface area contributed by atoms with Gasteiger partial charge in [0.15, 0.2) is 5.65 Å². The van der Waals surface area contributed by atoms with Gasteiger partial charge in [0.25, 0.3) is 0 Å². The van der Waals surface area contributed by atoms with E-state index >= 15 is 0 Å². The van der Waals surface area contributed by atoms with Crippen LogP contribution in [0.1, 0.15) is 20.8 Å². The number of aromatic nitrogens is 3. The fourth-order valence-corrected chi connectivity index (χ4v) is 2.16. The minimum atomic E-state index is -0.240. The maximum Gasteiger partial charge on any atom is 0.350 e. The van der Waals surface area contributed by atoms with Crippen LogP contribution in [0, 0.1) is 0 Å². The van der Waals surface area contributed by atoms with Crippen LogP contribution in [-0.4, -0.2) is 50.7 Å². The molecular formula is C15H23N5O2. The lowest BCUT2D eigenvalue weighted by atomic mass is 10.1. The normalized spacial score (nSPS) is 12.0. The average molecular weight is 305 g/mol. The summed E-state index contributed by atoms with van der Waals surface area (Å²) in [5.74, 6) is -0.0302. The molecule has 1 amide bonds. The molecular weight excluding hydrogens is 282 g/mol. The smallest absolute Gasteiger partial charge is 0.350 e. The van der Waals surface area contributed by atoms with Crippen LogP contribution in [0.15, 0.2) is 29.2 Å². The van der Waals surface area contributed by atoms with Crippen LogP contribution in [0.2, 0.25) is 0 Å². The van der Waals surface area contributed by atoms with Crippen LogP contribution in [-0.2, 0) is 11.3 Å². The van der Waals surface area contributed by atoms with E-state index in [1.807, 2.05) is 38.8 Å². The summed E-state index contributed by atoms with van der Waals surface area (Å²) in [6, 6.07) is 5.43. The van der Waals surface area contributed by atoms with Crippen LogP contribution >= 0.6 is 0 Å². The molecule has 0 aliphatic heterocycles. The van der Waals surface area contributed by atoms with Gasteiger partial charge >= 0.3 is 5.69 Å². The van der Waals surface area contributed by atoms with E-state index in [2.05, 4.69) is 10.4 Å². The summed E-state index contributed by atoms with van der Waals surface area (Å²) in [7, 11) is 1.85. The zero-order chi connectivity index (χ0) is 16.3. The van der Waals surface area contributed by atoms with Crippen molar-refractivity contribution in [1.82, 2.24) is 24.4 Å². The molecule has 0 saturated heterocycles. The zero-order valence-electron chi connectivity index (χ0n) is 13.5. The Labute approximate surface area is 129 Å². The van der Waals surface area contributed by atoms with E-state index in [0.717, 1.165) is 0 Å². The molecule has 120 valence electrons. The number of pyridine rings is 1. The third-order valence-corrected chi connectivity index (χ3v) is 3.11. The van der Waals surface area contributed by atoms with Gasteiger partial charge in [0.1, 0.15) is 0 Å². The SMILES string of the molecule is CN(CCn1nc2ccccn2c1=O)CC(=O)NC(C)(C)C. The summed E-state index contributed by atoms with van der Waals surface area (Å²) < 4.78 is 2.93. The van der Waals surface area contributed by atoms with Crippen LogP contribution in [0.3, 0.4) is 0 Å². The van der Waals surface area contributed by atoms with Crippen LogP contribution in [0.25, 0.3) is 5.65 Å². The van der Waals surface area contributed by atoms with E-state index in [-0.39, 0.29) is 17.1 Å². The van der Waals surface area contributed by atoms with Gasteiger partial charge in [0, 0.05) is 18.3 Å². The number of fused-ring (bicyclic) bond motifs is 1. The third kappa shape index (κ3) is 4.17. The number of likely N-dealkylation sites (N-methyl/N-ethyl adjacent to an activating group) is 1. The Balaban J connectivity index is 1.93. The van der Waals surface area contributed by atoms with Gasteiger partial charge < -0.3 is 5.32 Å². The van der Waals surface area contributed by atoms with Crippen molar-refractivity contribution in [2.24, 2.45) is 0 Å². The van der Waals surface area contributed by atoms with E-state index in [4.69, 9.17) is 0 Å². The molecule has 0 fully saturated rings. The number of hydrogen-bond donors (Lipinski definition) is 1. The molecule has 0 unspecified atom stereocenters. The van der Waals surface area contributed by atoms with Gasteiger partial charge in [0.2, 0.25) is 5.91 Å². The molecule has 7 nitrogen and oxygen atoms in total. The van der Waals surface area contributed by atoms with E-state index in [0.29, 0.717) is 25.3 Å². The largest absolute Gasteiger partial charge is 0.350 e. The molecule has 0 atom stereocenters. The molecule has 22 heavy (non-hydrogen) atoms. The number of nitrogens with one attached hydrogen (secondary N) is 1. The minimum absolute atomic E-state index is 0.0302. The Morgan fingerprint density at radius 2 is 2.09 bits per heavy atom. The fraction of sp³-hybridized carbons (Fsp3) is 0.533. The van der Waals surface area contributed by atoms with Gasteiger partial charge in [0.05, 0.1) is 13.1 Å². The first-order valence-corrected chi connectivity index (χ1v) is 7.30. The lowest BCUT2D eigenvalue weighted by molar-refractivity contribution is -0.123. The van der Waals surface area contributed by atoms with Gasteiger partial charge in [-0.3, -0.25) is 14.1 Å². The van der Waals surface area contributed by atoms with Gasteiger partial charge in [-0.15, -0.1) is 5.10 Å². The number of amides is 1. The second-order valence-electron chi connectivity index (χ2n) is 6.47. The molecule has 0 aliphatic carbocycles. The Bertz CT molecular complexity index is 711. The van der Waals surface area contributed by atoms with Crippen molar-refractivity contribution in [1.29, 1.82) is 0 Å². The molecule has 0 radical (unpaired) electrons. The second kappa shape index (κ2) is 6.31. The molecule has 2 aromatic heterocycles. The Morgan fingerprint density at radius 3 is 2.73 bits per heavy atom. The Morgan fingerprint density at radius 1 is 1.36 bits per heavy atom. The van der Waals surface area contributed by atoms with Crippen molar-refractivity contribution in [2.45, 2.75) is 32.9 Å². The Kier molecular flexibility index (Phi) is 4.65. The number of nitrogens with zero attached hydrogens (tertiary/aromatic N) is 4. The first-order chi connectivity index (χ1) is 10.3. The fourth-order valence-electron chi connectivity index (χ4n) is 2.16. The monoisotopic (exact) mass is 305 g/mol. The van der Waals surface area contributed by atoms with Crippen molar-refractivity contribution >= 4 is 11.6 Å². The van der Waals surface area contributed by atoms with Crippen molar-refractivity contribution in [3.8, 4) is 0 Å². The number of carbonyl (C=O) groups is 1. The second-order valence-corrected chi connectivity index (χ2v) is 6.47. The van der Waals surface area contributed by atoms with E-state index in [1.165, 1.54) is 9.08 Å². The lowest BCUT2D eigenvalue weighted by Crippen LogP contribution is -2.45. The predicted octanol–water partition coefficient (Wildman–Crippen LogP) is 0.343. The first-order valence-electron chi connectivity index (χ1n) is 7.30. The topological polar surface area (TPSA) is 71.6 Å². The van der Waals surface area contributed by atoms with Crippen LogP contribution < -0.4 is 11.0 Å². The highest BCUT2D eigenvalue weighted by molar-refractivity contribution is 5.78. The highest BCUT2D eigenvalue weighted by atomic mass is 16.2. The van der Waals surface area contributed by atoms with E-state index < -0.39 is 0 Å². The quantitative estimate of drug-likeness (QED) is 0.865. The standard InChI is InChI=1S/C15H23N5O2/c1-15(2,3)16-13(21)11-18(4)9-10-20-14(22)19-8-6-5-7-12(19)17-20/h5-8H,9-11H2,1-4H3,(H,16,21). The van der Waals surface area contributed by atoms with Crippen molar-refractivity contribution in [2.75, 3.05) is 20.1 Å². The Hall–Kier alpha value is -2.15. The molecule has 1 N–H and O–H groups in total. The maximum absolute atomic E-state index is 12.1. The summed E-state index contributed by atoms with van der Waals surface area (Å²) in [5.41, 5.74) is 0.222. The summed E-state index contributed by atoms with van der Waals surface area (Å²) in [6.07, 6.45) is 1.70. The van der Waals surface area contributed by atoms with Gasteiger partial charge in [-0.05, 0) is 40.0 Å². The van der Waals surface area contributed by atoms with Gasteiger partial charge in [-0.25, -0.2) is 9.48 Å². The van der Waals surface area contributed by atoms with Gasteiger partial charge in [-0.2, -0.15) is 0 Å². The minimum Gasteiger partial charge on any atom is -0.350 e. The molecule has 0 aromatic carbocycles. The summed E-state index contributed by atoms with van der Waals surface area (Å²) in [5, 5.41) is 7.17. The van der Waals surface area contributed by atoms with Gasteiger partial charge in [-0.1, -0.05) is 6.07 Å². The highest BCUT2D eigenvalue weighted by Gasteiger charge is 2.15. The summed E-state index contributed by atoms with van der Waals surface area (Å²) in [4.78, 5) is 25.8. The average Bonchev–Trinajstić information content (AvgIpc) is 2.71. The molecule has 0 saturated carbocycles. The van der Waals surface area contributed by atoms with Crippen molar-refractivity contribution < 1.29 is 4.79 Å². The lowest BCUT2D eigenvalue weighted by Gasteiger charge is -2.23. The molecule has 2 aromatic rings. The highest BCUT2D eigenvalue weighted by Crippen LogP contribution is 1.99. The molecule has 0 spiro atoms. The first kappa shape index (κ1) is 16.2. The molecule has 2 rings (SSSR count). The van der Waals surface area contributed by atoms with E-state index in [1.54, 1.807) is 18.3 Å². The number of hydrogen-bond acceptors (Lipinski definition) is 4. The third-order valence-electron chi connectivity index (χ3n) is 3.11. The molecule has 2 heterocycles. The molecule has 0 aliphatic rings. The van der Waals surface area contributed by atoms with Crippen molar-refractivity contribution in [3.63, 3.8) is 0 Å². The number of carbonyl (C=O) groups excluding carboxylic acids is 1. The number of rotatable bonds is 5. The van der Waals surface area contributed by atoms with Crippen molar-refractivity contribution in [3.05, 3.63) is 34.9 Å². The molecule has 7 heteroatoms. The maximum atomic E-state index is 12.1.